The van der Waals surface area contributed by atoms with Crippen LogP contribution in [0.25, 0.3) is 11.0 Å². The zero-order valence-electron chi connectivity index (χ0n) is 17.4. The van der Waals surface area contributed by atoms with Gasteiger partial charge in [-0.3, -0.25) is 13.9 Å². The van der Waals surface area contributed by atoms with Crippen molar-refractivity contribution in [1.29, 1.82) is 0 Å². The molecule has 29 heavy (non-hydrogen) atoms. The predicted octanol–water partition coefficient (Wildman–Crippen LogP) is 3.71. The van der Waals surface area contributed by atoms with Crippen LogP contribution in [-0.4, -0.2) is 21.1 Å². The van der Waals surface area contributed by atoms with E-state index in [1.54, 1.807) is 9.13 Å². The van der Waals surface area contributed by atoms with Crippen LogP contribution in [0.3, 0.4) is 0 Å². The summed E-state index contributed by atoms with van der Waals surface area (Å²) in [5.41, 5.74) is 2.66. The lowest BCUT2D eigenvalue weighted by Gasteiger charge is -2.14. The van der Waals surface area contributed by atoms with Crippen LogP contribution in [0.15, 0.2) is 53.3 Å². The monoisotopic (exact) mass is 395 g/mol. The molecule has 0 aliphatic carbocycles. The van der Waals surface area contributed by atoms with Crippen LogP contribution in [0.5, 0.6) is 5.75 Å². The highest BCUT2D eigenvalue weighted by molar-refractivity contribution is 5.78. The number of aryl methyl sites for hydroxylation is 2. The van der Waals surface area contributed by atoms with Gasteiger partial charge in [0.25, 0.3) is 0 Å². The zero-order valence-corrected chi connectivity index (χ0v) is 17.4. The largest absolute Gasteiger partial charge is 0.491 e. The van der Waals surface area contributed by atoms with Gasteiger partial charge in [0.1, 0.15) is 5.75 Å². The maximum Gasteiger partial charge on any atom is 0.329 e. The molecule has 2 aromatic carbocycles. The van der Waals surface area contributed by atoms with E-state index in [1.165, 1.54) is 0 Å². The van der Waals surface area contributed by atoms with Crippen molar-refractivity contribution in [1.82, 2.24) is 14.5 Å². The SMILES string of the molecule is CCCn1c(=O)n(CCC(=O)NCc2ccccc2OC(C)C)c2ccccc21. The first-order valence-electron chi connectivity index (χ1n) is 10.2. The summed E-state index contributed by atoms with van der Waals surface area (Å²) >= 11 is 0. The summed E-state index contributed by atoms with van der Waals surface area (Å²) in [6.07, 6.45) is 1.19. The first kappa shape index (κ1) is 20.7. The second kappa shape index (κ2) is 9.45. The van der Waals surface area contributed by atoms with Crippen LogP contribution >= 0.6 is 0 Å². The average Bonchev–Trinajstić information content (AvgIpc) is 2.97. The average molecular weight is 396 g/mol. The number of fused-ring (bicyclic) bond motifs is 1. The summed E-state index contributed by atoms with van der Waals surface area (Å²) in [4.78, 5) is 25.2. The van der Waals surface area contributed by atoms with Crippen LogP contribution in [0.4, 0.5) is 0 Å². The predicted molar refractivity (Wildman–Crippen MR) is 115 cm³/mol. The van der Waals surface area contributed by atoms with Crippen molar-refractivity contribution in [2.24, 2.45) is 0 Å². The van der Waals surface area contributed by atoms with E-state index in [4.69, 9.17) is 4.74 Å². The van der Waals surface area contributed by atoms with Gasteiger partial charge in [0, 0.05) is 31.6 Å². The van der Waals surface area contributed by atoms with Crippen LogP contribution < -0.4 is 15.7 Å². The van der Waals surface area contributed by atoms with Gasteiger partial charge in [-0.2, -0.15) is 0 Å². The first-order valence-corrected chi connectivity index (χ1v) is 10.2. The van der Waals surface area contributed by atoms with Gasteiger partial charge in [-0.25, -0.2) is 4.79 Å². The number of para-hydroxylation sites is 3. The number of amides is 1. The summed E-state index contributed by atoms with van der Waals surface area (Å²) in [7, 11) is 0. The molecule has 0 atom stereocenters. The minimum atomic E-state index is -0.0939. The Labute approximate surface area is 171 Å². The molecule has 0 saturated carbocycles. The first-order chi connectivity index (χ1) is 14.0. The number of nitrogens with zero attached hydrogens (tertiary/aromatic N) is 2. The molecule has 0 saturated heterocycles. The van der Waals surface area contributed by atoms with Crippen LogP contribution in [0.2, 0.25) is 0 Å². The van der Waals surface area contributed by atoms with Crippen molar-refractivity contribution < 1.29 is 9.53 Å². The minimum Gasteiger partial charge on any atom is -0.491 e. The molecule has 0 spiro atoms. The second-order valence-electron chi connectivity index (χ2n) is 7.38. The number of hydrogen-bond donors (Lipinski definition) is 1. The Kier molecular flexibility index (Phi) is 6.75. The molecule has 0 aliphatic heterocycles. The number of carbonyl (C=O) groups excluding carboxylic acids is 1. The van der Waals surface area contributed by atoms with E-state index in [2.05, 4.69) is 5.32 Å². The smallest absolute Gasteiger partial charge is 0.329 e. The Bertz CT molecular complexity index is 1030. The highest BCUT2D eigenvalue weighted by Crippen LogP contribution is 2.19. The Morgan fingerprint density at radius 1 is 1.00 bits per heavy atom. The molecule has 0 unspecified atom stereocenters. The number of benzene rings is 2. The number of carbonyl (C=O) groups is 1. The van der Waals surface area contributed by atoms with Crippen molar-refractivity contribution in [3.05, 3.63) is 64.6 Å². The second-order valence-corrected chi connectivity index (χ2v) is 7.38. The molecular weight excluding hydrogens is 366 g/mol. The fourth-order valence-corrected chi connectivity index (χ4v) is 3.44. The molecule has 0 radical (unpaired) electrons. The van der Waals surface area contributed by atoms with Gasteiger partial charge in [-0.05, 0) is 38.5 Å². The zero-order chi connectivity index (χ0) is 20.8. The lowest BCUT2D eigenvalue weighted by molar-refractivity contribution is -0.121. The van der Waals surface area contributed by atoms with E-state index in [1.807, 2.05) is 69.3 Å². The van der Waals surface area contributed by atoms with Gasteiger partial charge in [0.05, 0.1) is 17.1 Å². The molecule has 0 bridgehead atoms. The number of hydrogen-bond acceptors (Lipinski definition) is 3. The summed E-state index contributed by atoms with van der Waals surface area (Å²) in [5.74, 6) is 0.685. The van der Waals surface area contributed by atoms with E-state index >= 15 is 0 Å². The van der Waals surface area contributed by atoms with E-state index in [0.717, 1.165) is 28.8 Å². The Morgan fingerprint density at radius 2 is 1.62 bits per heavy atom. The van der Waals surface area contributed by atoms with Crippen LogP contribution in [-0.2, 0) is 24.4 Å². The lowest BCUT2D eigenvalue weighted by atomic mass is 10.2. The molecule has 1 amide bonds. The fraction of sp³-hybridized carbons (Fsp3) is 0.391. The molecule has 1 heterocycles. The molecule has 6 heteroatoms. The Balaban J connectivity index is 1.67. The van der Waals surface area contributed by atoms with Crippen molar-refractivity contribution in [2.75, 3.05) is 0 Å². The van der Waals surface area contributed by atoms with E-state index in [9.17, 15) is 9.59 Å². The van der Waals surface area contributed by atoms with Gasteiger partial charge in [-0.15, -0.1) is 0 Å². The van der Waals surface area contributed by atoms with Gasteiger partial charge < -0.3 is 10.1 Å². The molecular formula is C23H29N3O3. The quantitative estimate of drug-likeness (QED) is 0.601. The normalized spacial score (nSPS) is 11.2. The molecule has 1 N–H and O–H groups in total. The third-order valence-corrected chi connectivity index (χ3v) is 4.75. The Hall–Kier alpha value is -3.02. The molecule has 154 valence electrons. The fourth-order valence-electron chi connectivity index (χ4n) is 3.44. The topological polar surface area (TPSA) is 65.3 Å². The summed E-state index contributed by atoms with van der Waals surface area (Å²) < 4.78 is 9.28. The summed E-state index contributed by atoms with van der Waals surface area (Å²) in [6.45, 7) is 7.42. The highest BCUT2D eigenvalue weighted by Gasteiger charge is 2.13. The van der Waals surface area contributed by atoms with Gasteiger partial charge in [0.2, 0.25) is 5.91 Å². The maximum atomic E-state index is 12.8. The van der Waals surface area contributed by atoms with Gasteiger partial charge in [0.15, 0.2) is 0 Å². The molecule has 1 aromatic heterocycles. The third-order valence-electron chi connectivity index (χ3n) is 4.75. The van der Waals surface area contributed by atoms with E-state index in [-0.39, 0.29) is 24.1 Å². The number of nitrogens with one attached hydrogen (secondary N) is 1. The number of ether oxygens (including phenoxy) is 1. The van der Waals surface area contributed by atoms with Crippen molar-refractivity contribution in [3.63, 3.8) is 0 Å². The van der Waals surface area contributed by atoms with E-state index in [0.29, 0.717) is 19.6 Å². The Morgan fingerprint density at radius 3 is 2.28 bits per heavy atom. The summed E-state index contributed by atoms with van der Waals surface area (Å²) in [6, 6.07) is 15.4. The molecule has 6 nitrogen and oxygen atoms in total. The van der Waals surface area contributed by atoms with Crippen molar-refractivity contribution in [2.45, 2.75) is 59.4 Å². The standard InChI is InChI=1S/C23H29N3O3/c1-4-14-25-19-10-6-7-11-20(19)26(23(25)28)15-13-22(27)24-16-18-9-5-8-12-21(18)29-17(2)3/h5-12,17H,4,13-16H2,1-3H3,(H,24,27). The third kappa shape index (κ3) is 4.88. The van der Waals surface area contributed by atoms with Gasteiger partial charge in [-0.1, -0.05) is 37.3 Å². The van der Waals surface area contributed by atoms with Crippen LogP contribution in [0.1, 0.15) is 39.2 Å². The van der Waals surface area contributed by atoms with Gasteiger partial charge >= 0.3 is 5.69 Å². The summed E-state index contributed by atoms with van der Waals surface area (Å²) in [5, 5.41) is 2.94. The number of aromatic nitrogens is 2. The van der Waals surface area contributed by atoms with Crippen molar-refractivity contribution >= 4 is 16.9 Å². The minimum absolute atomic E-state index is 0.0588. The van der Waals surface area contributed by atoms with Crippen LogP contribution in [0, 0.1) is 0 Å². The molecule has 3 aromatic rings. The lowest BCUT2D eigenvalue weighted by Crippen LogP contribution is -2.28. The molecule has 0 aliphatic rings. The number of rotatable bonds is 9. The highest BCUT2D eigenvalue weighted by atomic mass is 16.5. The number of imidazole rings is 1. The van der Waals surface area contributed by atoms with E-state index < -0.39 is 0 Å². The van der Waals surface area contributed by atoms with Crippen molar-refractivity contribution in [3.8, 4) is 5.75 Å². The molecule has 0 fully saturated rings. The maximum absolute atomic E-state index is 12.8. The molecule has 3 rings (SSSR count).